The van der Waals surface area contributed by atoms with E-state index in [1.165, 1.54) is 17.4 Å². The molecule has 0 heterocycles. The third kappa shape index (κ3) is 4.25. The summed E-state index contributed by atoms with van der Waals surface area (Å²) in [6, 6.07) is 4.92. The van der Waals surface area contributed by atoms with E-state index in [1.54, 1.807) is 6.92 Å². The van der Waals surface area contributed by atoms with Gasteiger partial charge in [0, 0.05) is 37.8 Å². The number of nitrogens with zero attached hydrogens (tertiary/aromatic N) is 3. The monoisotopic (exact) mass is 343 g/mol. The molecule has 2 rings (SSSR count). The standard InChI is InChI=1S/C15H19F2N3O2S/c1-11(8-18)9-19(2)23(21,22)20(14-5-6-14)10-12-3-4-13(16)7-15(12)17/h3-4,7,11,14H,5-6,9-10H2,1-2H3/t11-/m1/s1. The van der Waals surface area contributed by atoms with Crippen LogP contribution in [0.15, 0.2) is 18.2 Å². The maximum absolute atomic E-state index is 13.8. The van der Waals surface area contributed by atoms with Gasteiger partial charge in [-0.05, 0) is 25.8 Å². The average Bonchev–Trinajstić information content (AvgIpc) is 3.30. The molecule has 1 aliphatic carbocycles. The van der Waals surface area contributed by atoms with E-state index in [0.29, 0.717) is 12.8 Å². The summed E-state index contributed by atoms with van der Waals surface area (Å²) in [5.41, 5.74) is 0.128. The van der Waals surface area contributed by atoms with Crippen LogP contribution in [0, 0.1) is 28.9 Å². The normalized spacial score (nSPS) is 16.6. The Bertz CT molecular complexity index is 714. The number of hydrogen-bond donors (Lipinski definition) is 0. The lowest BCUT2D eigenvalue weighted by molar-refractivity contribution is 0.336. The van der Waals surface area contributed by atoms with E-state index in [9.17, 15) is 17.2 Å². The number of nitriles is 1. The van der Waals surface area contributed by atoms with Crippen molar-refractivity contribution in [1.82, 2.24) is 8.61 Å². The van der Waals surface area contributed by atoms with Crippen molar-refractivity contribution in [2.75, 3.05) is 13.6 Å². The van der Waals surface area contributed by atoms with Crippen LogP contribution in [0.1, 0.15) is 25.3 Å². The van der Waals surface area contributed by atoms with Gasteiger partial charge in [-0.25, -0.2) is 8.78 Å². The predicted molar refractivity (Wildman–Crippen MR) is 81.2 cm³/mol. The van der Waals surface area contributed by atoms with Gasteiger partial charge in [0.15, 0.2) is 0 Å². The molecule has 0 amide bonds. The van der Waals surface area contributed by atoms with Gasteiger partial charge in [-0.15, -0.1) is 0 Å². The van der Waals surface area contributed by atoms with Crippen LogP contribution in [0.3, 0.4) is 0 Å². The first-order chi connectivity index (χ1) is 10.8. The highest BCUT2D eigenvalue weighted by Gasteiger charge is 2.39. The molecule has 0 aliphatic heterocycles. The van der Waals surface area contributed by atoms with E-state index in [0.717, 1.165) is 16.4 Å². The smallest absolute Gasteiger partial charge is 0.207 e. The zero-order valence-corrected chi connectivity index (χ0v) is 13.9. The lowest BCUT2D eigenvalue weighted by Crippen LogP contribution is -2.44. The van der Waals surface area contributed by atoms with Gasteiger partial charge in [-0.2, -0.15) is 22.3 Å². The molecule has 1 aliphatic rings. The Morgan fingerprint density at radius 2 is 2.04 bits per heavy atom. The number of rotatable bonds is 7. The topological polar surface area (TPSA) is 64.4 Å². The minimum absolute atomic E-state index is 0.0634. The maximum atomic E-state index is 13.8. The van der Waals surface area contributed by atoms with Gasteiger partial charge in [0.05, 0.1) is 12.0 Å². The van der Waals surface area contributed by atoms with E-state index in [-0.39, 0.29) is 24.7 Å². The highest BCUT2D eigenvalue weighted by Crippen LogP contribution is 2.32. The lowest BCUT2D eigenvalue weighted by Gasteiger charge is -2.28. The molecule has 126 valence electrons. The molecule has 23 heavy (non-hydrogen) atoms. The quantitative estimate of drug-likeness (QED) is 0.763. The summed E-state index contributed by atoms with van der Waals surface area (Å²) < 4.78 is 54.5. The first-order valence-electron chi connectivity index (χ1n) is 7.32. The second-order valence-electron chi connectivity index (χ2n) is 5.83. The fourth-order valence-corrected chi connectivity index (χ4v) is 3.94. The summed E-state index contributed by atoms with van der Waals surface area (Å²) in [5, 5.41) is 8.84. The predicted octanol–water partition coefficient (Wildman–Crippen LogP) is 2.27. The Kier molecular flexibility index (Phi) is 5.34. The van der Waals surface area contributed by atoms with Gasteiger partial charge in [0.2, 0.25) is 0 Å². The first kappa shape index (κ1) is 17.8. The van der Waals surface area contributed by atoms with Crippen LogP contribution in [0.2, 0.25) is 0 Å². The van der Waals surface area contributed by atoms with Crippen molar-refractivity contribution >= 4 is 10.2 Å². The van der Waals surface area contributed by atoms with Crippen molar-refractivity contribution in [2.24, 2.45) is 5.92 Å². The summed E-state index contributed by atoms with van der Waals surface area (Å²) in [7, 11) is -2.41. The van der Waals surface area contributed by atoms with Gasteiger partial charge < -0.3 is 0 Å². The molecule has 0 radical (unpaired) electrons. The van der Waals surface area contributed by atoms with Crippen LogP contribution in [0.25, 0.3) is 0 Å². The Balaban J connectivity index is 2.22. The lowest BCUT2D eigenvalue weighted by atomic mass is 10.2. The molecule has 1 fully saturated rings. The van der Waals surface area contributed by atoms with Crippen molar-refractivity contribution in [3.8, 4) is 6.07 Å². The third-order valence-electron chi connectivity index (χ3n) is 3.74. The Morgan fingerprint density at radius 1 is 1.39 bits per heavy atom. The van der Waals surface area contributed by atoms with Crippen LogP contribution in [0.4, 0.5) is 8.78 Å². The van der Waals surface area contributed by atoms with Crippen LogP contribution in [-0.4, -0.2) is 36.7 Å². The SMILES string of the molecule is C[C@H](C#N)CN(C)S(=O)(=O)N(Cc1ccc(F)cc1F)C1CC1. The average molecular weight is 343 g/mol. The molecule has 0 N–H and O–H groups in total. The fourth-order valence-electron chi connectivity index (χ4n) is 2.28. The molecule has 1 aromatic rings. The van der Waals surface area contributed by atoms with Crippen molar-refractivity contribution in [1.29, 1.82) is 5.26 Å². The van der Waals surface area contributed by atoms with Crippen LogP contribution in [0.5, 0.6) is 0 Å². The van der Waals surface area contributed by atoms with E-state index < -0.39 is 27.8 Å². The van der Waals surface area contributed by atoms with Gasteiger partial charge in [-0.1, -0.05) is 6.07 Å². The first-order valence-corrected chi connectivity index (χ1v) is 8.72. The summed E-state index contributed by atoms with van der Waals surface area (Å²) >= 11 is 0. The van der Waals surface area contributed by atoms with E-state index in [4.69, 9.17) is 5.26 Å². The largest absolute Gasteiger partial charge is 0.282 e. The molecule has 0 saturated heterocycles. The third-order valence-corrected chi connectivity index (χ3v) is 5.69. The highest BCUT2D eigenvalue weighted by atomic mass is 32.2. The second-order valence-corrected chi connectivity index (χ2v) is 7.82. The van der Waals surface area contributed by atoms with E-state index in [2.05, 4.69) is 0 Å². The molecule has 1 saturated carbocycles. The highest BCUT2D eigenvalue weighted by molar-refractivity contribution is 7.86. The molecular formula is C15H19F2N3O2S. The molecule has 8 heteroatoms. The Labute approximate surface area is 135 Å². The Morgan fingerprint density at radius 3 is 2.57 bits per heavy atom. The second kappa shape index (κ2) is 6.91. The summed E-state index contributed by atoms with van der Waals surface area (Å²) in [6.07, 6.45) is 1.42. The molecule has 0 bridgehead atoms. The summed E-state index contributed by atoms with van der Waals surface area (Å²) in [6.45, 7) is 1.55. The minimum atomic E-state index is -3.81. The van der Waals surface area contributed by atoms with Crippen molar-refractivity contribution in [3.63, 3.8) is 0 Å². The van der Waals surface area contributed by atoms with Gasteiger partial charge in [-0.3, -0.25) is 0 Å². The van der Waals surface area contributed by atoms with Crippen LogP contribution in [-0.2, 0) is 16.8 Å². The zero-order chi connectivity index (χ0) is 17.2. The molecule has 1 aromatic carbocycles. The van der Waals surface area contributed by atoms with E-state index in [1.807, 2.05) is 6.07 Å². The molecule has 0 unspecified atom stereocenters. The molecule has 5 nitrogen and oxygen atoms in total. The summed E-state index contributed by atoms with van der Waals surface area (Å²) in [4.78, 5) is 0. The fraction of sp³-hybridized carbons (Fsp3) is 0.533. The van der Waals surface area contributed by atoms with Crippen LogP contribution < -0.4 is 0 Å². The molecule has 1 atom stereocenters. The molecule has 0 spiro atoms. The number of halogens is 2. The van der Waals surface area contributed by atoms with Crippen molar-refractivity contribution in [3.05, 3.63) is 35.4 Å². The number of benzene rings is 1. The van der Waals surface area contributed by atoms with Crippen molar-refractivity contribution < 1.29 is 17.2 Å². The van der Waals surface area contributed by atoms with Crippen molar-refractivity contribution in [2.45, 2.75) is 32.4 Å². The van der Waals surface area contributed by atoms with Crippen LogP contribution >= 0.6 is 0 Å². The van der Waals surface area contributed by atoms with Gasteiger partial charge in [0.1, 0.15) is 11.6 Å². The zero-order valence-electron chi connectivity index (χ0n) is 13.0. The van der Waals surface area contributed by atoms with Gasteiger partial charge in [0.25, 0.3) is 10.2 Å². The minimum Gasteiger partial charge on any atom is -0.207 e. The Hall–Kier alpha value is -1.56. The summed E-state index contributed by atoms with van der Waals surface area (Å²) in [5.74, 6) is -1.91. The molecular weight excluding hydrogens is 324 g/mol. The van der Waals surface area contributed by atoms with E-state index >= 15 is 0 Å². The van der Waals surface area contributed by atoms with Gasteiger partial charge >= 0.3 is 0 Å². The maximum Gasteiger partial charge on any atom is 0.282 e. The number of hydrogen-bond acceptors (Lipinski definition) is 3. The molecule has 0 aromatic heterocycles.